The molecule has 2 saturated heterocycles. The predicted molar refractivity (Wildman–Crippen MR) is 114 cm³/mol. The van der Waals surface area contributed by atoms with Crippen LogP contribution in [0.5, 0.6) is 5.75 Å². The van der Waals surface area contributed by atoms with E-state index in [2.05, 4.69) is 0 Å². The Morgan fingerprint density at radius 3 is 2.61 bits per heavy atom. The maximum absolute atomic E-state index is 12.5. The molecule has 1 amide bonds. The first-order valence-electron chi connectivity index (χ1n) is 10.6. The van der Waals surface area contributed by atoms with Gasteiger partial charge in [-0.1, -0.05) is 12.1 Å². The minimum absolute atomic E-state index is 0.0548. The second kappa shape index (κ2) is 9.75. The summed E-state index contributed by atoms with van der Waals surface area (Å²) in [6.45, 7) is 1.55. The lowest BCUT2D eigenvalue weighted by Crippen LogP contribution is -2.24. The SMILES string of the molecule is O=C(COC(=O)c1ccc(OC[C@H]2CCCO2)cc1)c1cccc(N2CCCC2=O)c1. The topological polar surface area (TPSA) is 82.1 Å². The van der Waals surface area contributed by atoms with Crippen molar-refractivity contribution < 1.29 is 28.6 Å². The minimum atomic E-state index is -0.579. The second-order valence-corrected chi connectivity index (χ2v) is 7.67. The third kappa shape index (κ3) is 5.30. The molecule has 2 aliphatic rings. The molecule has 0 N–H and O–H groups in total. The Labute approximate surface area is 180 Å². The van der Waals surface area contributed by atoms with Crippen molar-refractivity contribution in [1.29, 1.82) is 0 Å². The van der Waals surface area contributed by atoms with Crippen molar-refractivity contribution in [2.75, 3.05) is 31.3 Å². The highest BCUT2D eigenvalue weighted by atomic mass is 16.5. The number of ether oxygens (including phenoxy) is 3. The number of hydrogen-bond acceptors (Lipinski definition) is 6. The van der Waals surface area contributed by atoms with Gasteiger partial charge < -0.3 is 19.1 Å². The highest BCUT2D eigenvalue weighted by Gasteiger charge is 2.22. The van der Waals surface area contributed by atoms with Crippen molar-refractivity contribution in [3.8, 4) is 5.75 Å². The Kier molecular flexibility index (Phi) is 6.62. The Morgan fingerprint density at radius 1 is 1.06 bits per heavy atom. The number of rotatable bonds is 8. The Balaban J connectivity index is 1.29. The van der Waals surface area contributed by atoms with Crippen molar-refractivity contribution in [1.82, 2.24) is 0 Å². The quantitative estimate of drug-likeness (QED) is 0.478. The largest absolute Gasteiger partial charge is 0.491 e. The molecule has 0 radical (unpaired) electrons. The number of esters is 1. The van der Waals surface area contributed by atoms with E-state index in [1.165, 1.54) is 0 Å². The molecular weight excluding hydrogens is 398 g/mol. The molecular formula is C24H25NO6. The molecule has 7 heteroatoms. The van der Waals surface area contributed by atoms with Crippen molar-refractivity contribution in [2.45, 2.75) is 31.8 Å². The first kappa shape index (κ1) is 21.1. The molecule has 0 bridgehead atoms. The van der Waals surface area contributed by atoms with Gasteiger partial charge in [0.05, 0.1) is 11.7 Å². The summed E-state index contributed by atoms with van der Waals surface area (Å²) < 4.78 is 16.4. The van der Waals surface area contributed by atoms with Crippen LogP contribution < -0.4 is 9.64 Å². The maximum atomic E-state index is 12.5. The van der Waals surface area contributed by atoms with Gasteiger partial charge in [0.1, 0.15) is 12.4 Å². The molecule has 0 unspecified atom stereocenters. The molecule has 2 aliphatic heterocycles. The van der Waals surface area contributed by atoms with Crippen LogP contribution in [0, 0.1) is 0 Å². The zero-order valence-electron chi connectivity index (χ0n) is 17.2. The average molecular weight is 423 g/mol. The van der Waals surface area contributed by atoms with Gasteiger partial charge in [-0.25, -0.2) is 4.79 Å². The fraction of sp³-hybridized carbons (Fsp3) is 0.375. The van der Waals surface area contributed by atoms with Crippen LogP contribution in [0.2, 0.25) is 0 Å². The number of anilines is 1. The average Bonchev–Trinajstić information content (AvgIpc) is 3.48. The van der Waals surface area contributed by atoms with Gasteiger partial charge >= 0.3 is 5.97 Å². The highest BCUT2D eigenvalue weighted by Crippen LogP contribution is 2.22. The van der Waals surface area contributed by atoms with Crippen molar-refractivity contribution >= 4 is 23.3 Å². The van der Waals surface area contributed by atoms with E-state index >= 15 is 0 Å². The van der Waals surface area contributed by atoms with Crippen LogP contribution in [0.15, 0.2) is 48.5 Å². The number of carbonyl (C=O) groups excluding carboxylic acids is 3. The van der Waals surface area contributed by atoms with Crippen molar-refractivity contribution in [3.05, 3.63) is 59.7 Å². The third-order valence-electron chi connectivity index (χ3n) is 5.44. The second-order valence-electron chi connectivity index (χ2n) is 7.67. The molecule has 2 aromatic rings. The fourth-order valence-corrected chi connectivity index (χ4v) is 3.72. The number of ketones is 1. The monoisotopic (exact) mass is 423 g/mol. The molecule has 0 aliphatic carbocycles. The molecule has 1 atom stereocenters. The van der Waals surface area contributed by atoms with Gasteiger partial charge in [-0.2, -0.15) is 0 Å². The summed E-state index contributed by atoms with van der Waals surface area (Å²) in [6.07, 6.45) is 3.51. The van der Waals surface area contributed by atoms with Gasteiger partial charge in [0.2, 0.25) is 5.91 Å². The van der Waals surface area contributed by atoms with E-state index in [0.29, 0.717) is 42.1 Å². The van der Waals surface area contributed by atoms with E-state index in [4.69, 9.17) is 14.2 Å². The normalized spacial score (nSPS) is 18.3. The number of benzene rings is 2. The Hall–Kier alpha value is -3.19. The van der Waals surface area contributed by atoms with Gasteiger partial charge in [-0.3, -0.25) is 9.59 Å². The summed E-state index contributed by atoms with van der Waals surface area (Å²) in [5.74, 6) is -0.195. The molecule has 4 rings (SSSR count). The summed E-state index contributed by atoms with van der Waals surface area (Å²) >= 11 is 0. The van der Waals surface area contributed by atoms with Crippen LogP contribution in [0.1, 0.15) is 46.4 Å². The molecule has 0 aromatic heterocycles. The fourth-order valence-electron chi connectivity index (χ4n) is 3.72. The first-order chi connectivity index (χ1) is 15.1. The highest BCUT2D eigenvalue weighted by molar-refractivity contribution is 6.01. The Bertz CT molecular complexity index is 949. The van der Waals surface area contributed by atoms with Crippen LogP contribution in [0.4, 0.5) is 5.69 Å². The van der Waals surface area contributed by atoms with Gasteiger partial charge in [0.15, 0.2) is 12.4 Å². The number of Topliss-reactive ketones (excluding diaryl/α,β-unsaturated/α-hetero) is 1. The molecule has 162 valence electrons. The number of carbonyl (C=O) groups is 3. The zero-order valence-corrected chi connectivity index (χ0v) is 17.2. The van der Waals surface area contributed by atoms with Gasteiger partial charge in [0.25, 0.3) is 0 Å². The smallest absolute Gasteiger partial charge is 0.338 e. The molecule has 2 heterocycles. The summed E-state index contributed by atoms with van der Waals surface area (Å²) in [4.78, 5) is 38.4. The van der Waals surface area contributed by atoms with E-state index in [9.17, 15) is 14.4 Å². The number of nitrogens with zero attached hydrogens (tertiary/aromatic N) is 1. The van der Waals surface area contributed by atoms with Crippen molar-refractivity contribution in [3.63, 3.8) is 0 Å². The van der Waals surface area contributed by atoms with Crippen LogP contribution >= 0.6 is 0 Å². The summed E-state index contributed by atoms with van der Waals surface area (Å²) in [6, 6.07) is 13.5. The van der Waals surface area contributed by atoms with E-state index in [1.54, 1.807) is 53.4 Å². The molecule has 0 spiro atoms. The van der Waals surface area contributed by atoms with Gasteiger partial charge in [-0.05, 0) is 55.7 Å². The van der Waals surface area contributed by atoms with Crippen molar-refractivity contribution in [2.24, 2.45) is 0 Å². The summed E-state index contributed by atoms with van der Waals surface area (Å²) in [7, 11) is 0. The summed E-state index contributed by atoms with van der Waals surface area (Å²) in [5.41, 5.74) is 1.44. The Morgan fingerprint density at radius 2 is 1.90 bits per heavy atom. The van der Waals surface area contributed by atoms with Gasteiger partial charge in [0, 0.05) is 30.8 Å². The molecule has 7 nitrogen and oxygen atoms in total. The molecule has 2 aromatic carbocycles. The number of hydrogen-bond donors (Lipinski definition) is 0. The van der Waals surface area contributed by atoms with Crippen LogP contribution in [0.25, 0.3) is 0 Å². The van der Waals surface area contributed by atoms with Crippen LogP contribution in [-0.2, 0) is 14.3 Å². The lowest BCUT2D eigenvalue weighted by atomic mass is 10.1. The van der Waals surface area contributed by atoms with Crippen LogP contribution in [-0.4, -0.2) is 50.1 Å². The molecule has 2 fully saturated rings. The predicted octanol–water partition coefficient (Wildman–Crippen LogP) is 3.41. The maximum Gasteiger partial charge on any atom is 0.338 e. The van der Waals surface area contributed by atoms with Gasteiger partial charge in [-0.15, -0.1) is 0 Å². The standard InChI is InChI=1S/C24H25NO6/c26-22(18-4-1-5-19(14-18)25-12-2-7-23(25)27)16-31-24(28)17-8-10-20(11-9-17)30-15-21-6-3-13-29-21/h1,4-5,8-11,14,21H,2-3,6-7,12-13,15-16H2/t21-/m1/s1. The van der Waals surface area contributed by atoms with Crippen LogP contribution in [0.3, 0.4) is 0 Å². The summed E-state index contributed by atoms with van der Waals surface area (Å²) in [5, 5.41) is 0. The van der Waals surface area contributed by atoms with E-state index in [-0.39, 0.29) is 24.4 Å². The van der Waals surface area contributed by atoms with E-state index in [1.807, 2.05) is 0 Å². The molecule has 31 heavy (non-hydrogen) atoms. The lowest BCUT2D eigenvalue weighted by Gasteiger charge is -2.16. The lowest BCUT2D eigenvalue weighted by molar-refractivity contribution is -0.117. The first-order valence-corrected chi connectivity index (χ1v) is 10.6. The minimum Gasteiger partial charge on any atom is -0.491 e. The number of amides is 1. The van der Waals surface area contributed by atoms with E-state index in [0.717, 1.165) is 25.9 Å². The molecule has 0 saturated carbocycles. The zero-order chi connectivity index (χ0) is 21.6. The third-order valence-corrected chi connectivity index (χ3v) is 5.44. The van der Waals surface area contributed by atoms with E-state index < -0.39 is 5.97 Å².